The lowest BCUT2D eigenvalue weighted by Gasteiger charge is -2.35. The molecule has 4 aromatic rings. The van der Waals surface area contributed by atoms with E-state index in [4.69, 9.17) is 4.74 Å². The Hall–Kier alpha value is -4.35. The standard InChI is InChI=1S/C32H35F3N6O3/c1-18-14-36-28-22(18)13-21(15-37-28)20-11-19-8-10-40(29(42)25-16-39(5)38-27(25)32(33,34)35)17-24(19)23(12-20)26-7-6-9-41(26)30(43)44-31(2,3)4/h11-16,26H,6-10,17H2,1-5H3,(H,36,37). The lowest BCUT2D eigenvalue weighted by molar-refractivity contribution is -0.141. The van der Waals surface area contributed by atoms with Crippen molar-refractivity contribution < 1.29 is 27.5 Å². The van der Waals surface area contributed by atoms with Gasteiger partial charge in [0.15, 0.2) is 5.69 Å². The molecule has 2 aliphatic rings. The highest BCUT2D eigenvalue weighted by Crippen LogP contribution is 2.41. The first-order chi connectivity index (χ1) is 20.7. The lowest BCUT2D eigenvalue weighted by atomic mass is 9.86. The van der Waals surface area contributed by atoms with E-state index in [2.05, 4.69) is 27.2 Å². The van der Waals surface area contributed by atoms with E-state index in [1.165, 1.54) is 11.9 Å². The Morgan fingerprint density at radius 1 is 1.09 bits per heavy atom. The smallest absolute Gasteiger partial charge is 0.435 e. The Morgan fingerprint density at radius 3 is 2.59 bits per heavy atom. The van der Waals surface area contributed by atoms with Crippen LogP contribution >= 0.6 is 0 Å². The summed E-state index contributed by atoms with van der Waals surface area (Å²) in [7, 11) is 1.36. The number of carbonyl (C=O) groups is 2. The fraction of sp³-hybridized carbons (Fsp3) is 0.438. The second-order valence-corrected chi connectivity index (χ2v) is 12.7. The van der Waals surface area contributed by atoms with Crippen LogP contribution < -0.4 is 0 Å². The van der Waals surface area contributed by atoms with E-state index in [-0.39, 0.29) is 19.1 Å². The van der Waals surface area contributed by atoms with Gasteiger partial charge in [0.05, 0.1) is 11.6 Å². The van der Waals surface area contributed by atoms with Crippen molar-refractivity contribution in [2.75, 3.05) is 13.1 Å². The van der Waals surface area contributed by atoms with Gasteiger partial charge in [-0.05, 0) is 86.9 Å². The monoisotopic (exact) mass is 608 g/mol. The summed E-state index contributed by atoms with van der Waals surface area (Å²) in [5, 5.41) is 4.53. The van der Waals surface area contributed by atoms with Crippen LogP contribution in [0.15, 0.2) is 36.8 Å². The number of rotatable bonds is 3. The van der Waals surface area contributed by atoms with Crippen molar-refractivity contribution in [1.29, 1.82) is 0 Å². The first kappa shape index (κ1) is 29.7. The molecule has 1 fully saturated rings. The van der Waals surface area contributed by atoms with E-state index in [0.717, 1.165) is 61.7 Å². The number of nitrogens with zero attached hydrogens (tertiary/aromatic N) is 5. The zero-order chi connectivity index (χ0) is 31.6. The van der Waals surface area contributed by atoms with Gasteiger partial charge in [0, 0.05) is 56.2 Å². The molecule has 232 valence electrons. The summed E-state index contributed by atoms with van der Waals surface area (Å²) in [6, 6.07) is 5.88. The number of fused-ring (bicyclic) bond motifs is 2. The predicted molar refractivity (Wildman–Crippen MR) is 158 cm³/mol. The Labute approximate surface area is 253 Å². The molecule has 1 aromatic carbocycles. The maximum atomic E-state index is 13.7. The number of pyridine rings is 1. The summed E-state index contributed by atoms with van der Waals surface area (Å²) in [5.74, 6) is -0.723. The molecule has 1 N–H and O–H groups in total. The van der Waals surface area contributed by atoms with Crippen LogP contribution in [0.2, 0.25) is 0 Å². The summed E-state index contributed by atoms with van der Waals surface area (Å²) in [4.78, 5) is 37.8. The molecular weight excluding hydrogens is 573 g/mol. The molecule has 5 heterocycles. The third-order valence-corrected chi connectivity index (χ3v) is 8.30. The van der Waals surface area contributed by atoms with Crippen LogP contribution in [-0.2, 0) is 30.9 Å². The lowest BCUT2D eigenvalue weighted by Crippen LogP contribution is -2.39. The molecule has 1 saturated heterocycles. The first-order valence-corrected chi connectivity index (χ1v) is 14.7. The largest absolute Gasteiger partial charge is 0.444 e. The minimum absolute atomic E-state index is 0.114. The van der Waals surface area contributed by atoms with Gasteiger partial charge in [0.1, 0.15) is 11.2 Å². The number of nitrogens with one attached hydrogen (secondary N) is 1. The highest BCUT2D eigenvalue weighted by Gasteiger charge is 2.41. The van der Waals surface area contributed by atoms with Gasteiger partial charge >= 0.3 is 12.3 Å². The van der Waals surface area contributed by atoms with Gasteiger partial charge in [0.2, 0.25) is 0 Å². The number of halogens is 3. The van der Waals surface area contributed by atoms with Crippen molar-refractivity contribution in [2.24, 2.45) is 7.05 Å². The van der Waals surface area contributed by atoms with Crippen LogP contribution in [0.3, 0.4) is 0 Å². The number of hydrogen-bond acceptors (Lipinski definition) is 5. The van der Waals surface area contributed by atoms with E-state index in [9.17, 15) is 22.8 Å². The average Bonchev–Trinajstić information content (AvgIpc) is 3.69. The van der Waals surface area contributed by atoms with Crippen LogP contribution in [-0.4, -0.2) is 60.2 Å². The summed E-state index contributed by atoms with van der Waals surface area (Å²) in [5.41, 5.74) is 4.06. The quantitative estimate of drug-likeness (QED) is 0.284. The summed E-state index contributed by atoms with van der Waals surface area (Å²) in [6.45, 7) is 8.35. The molecule has 6 rings (SSSR count). The minimum atomic E-state index is -4.76. The number of alkyl halides is 3. The second kappa shape index (κ2) is 10.7. The number of aryl methyl sites for hydroxylation is 2. The summed E-state index contributed by atoms with van der Waals surface area (Å²) >= 11 is 0. The Kier molecular flexibility index (Phi) is 7.21. The fourth-order valence-electron chi connectivity index (χ4n) is 6.28. The van der Waals surface area contributed by atoms with Gasteiger partial charge in [-0.15, -0.1) is 0 Å². The van der Waals surface area contributed by atoms with Crippen molar-refractivity contribution in [2.45, 2.75) is 71.3 Å². The summed E-state index contributed by atoms with van der Waals surface area (Å²) in [6.07, 6.45) is 1.58. The Balaban J connectivity index is 1.43. The van der Waals surface area contributed by atoms with E-state index < -0.39 is 35.0 Å². The van der Waals surface area contributed by atoms with Crippen molar-refractivity contribution in [1.82, 2.24) is 29.5 Å². The topological polar surface area (TPSA) is 96.4 Å². The van der Waals surface area contributed by atoms with Crippen molar-refractivity contribution in [3.63, 3.8) is 0 Å². The normalized spacial score (nSPS) is 17.3. The van der Waals surface area contributed by atoms with Crippen LogP contribution in [0.5, 0.6) is 0 Å². The number of ether oxygens (including phenoxy) is 1. The molecule has 1 atom stereocenters. The molecule has 0 saturated carbocycles. The van der Waals surface area contributed by atoms with E-state index in [1.54, 1.807) is 4.90 Å². The highest BCUT2D eigenvalue weighted by molar-refractivity contribution is 5.95. The maximum absolute atomic E-state index is 13.7. The van der Waals surface area contributed by atoms with E-state index in [0.29, 0.717) is 19.4 Å². The molecule has 1 unspecified atom stereocenters. The van der Waals surface area contributed by atoms with Crippen LogP contribution in [0.25, 0.3) is 22.2 Å². The molecule has 0 spiro atoms. The molecule has 2 amide bonds. The van der Waals surface area contributed by atoms with E-state index >= 15 is 0 Å². The van der Waals surface area contributed by atoms with Gasteiger partial charge in [0.25, 0.3) is 5.91 Å². The molecule has 0 aliphatic carbocycles. The third-order valence-electron chi connectivity index (χ3n) is 8.30. The number of hydrogen-bond donors (Lipinski definition) is 1. The zero-order valence-corrected chi connectivity index (χ0v) is 25.4. The number of carbonyl (C=O) groups excluding carboxylic acids is 2. The molecule has 12 heteroatoms. The number of likely N-dealkylation sites (tertiary alicyclic amines) is 1. The highest BCUT2D eigenvalue weighted by atomic mass is 19.4. The van der Waals surface area contributed by atoms with E-state index in [1.807, 2.05) is 46.2 Å². The van der Waals surface area contributed by atoms with Crippen LogP contribution in [0.4, 0.5) is 18.0 Å². The fourth-order valence-corrected chi connectivity index (χ4v) is 6.28. The molecule has 0 radical (unpaired) electrons. The molecule has 3 aromatic heterocycles. The molecule has 2 aliphatic heterocycles. The first-order valence-electron chi connectivity index (χ1n) is 14.7. The van der Waals surface area contributed by atoms with Gasteiger partial charge in [-0.1, -0.05) is 6.07 Å². The van der Waals surface area contributed by atoms with Gasteiger partial charge in [-0.3, -0.25) is 9.48 Å². The molecule has 44 heavy (non-hydrogen) atoms. The van der Waals surface area contributed by atoms with Crippen molar-refractivity contribution >= 4 is 23.0 Å². The molecule has 0 bridgehead atoms. The maximum Gasteiger partial charge on any atom is 0.435 e. The Morgan fingerprint density at radius 2 is 1.86 bits per heavy atom. The van der Waals surface area contributed by atoms with Gasteiger partial charge < -0.3 is 19.5 Å². The van der Waals surface area contributed by atoms with Gasteiger partial charge in [-0.25, -0.2) is 9.78 Å². The predicted octanol–water partition coefficient (Wildman–Crippen LogP) is 6.56. The number of aromatic nitrogens is 4. The van der Waals surface area contributed by atoms with Gasteiger partial charge in [-0.2, -0.15) is 18.3 Å². The molecular formula is C32H35F3N6O3. The number of aromatic amines is 1. The third kappa shape index (κ3) is 5.53. The number of benzene rings is 1. The second-order valence-electron chi connectivity index (χ2n) is 12.7. The average molecular weight is 609 g/mol. The Bertz CT molecular complexity index is 1770. The number of H-pyrrole nitrogens is 1. The number of amides is 2. The van der Waals surface area contributed by atoms with Crippen LogP contribution in [0, 0.1) is 6.92 Å². The molecule has 9 nitrogen and oxygen atoms in total. The van der Waals surface area contributed by atoms with Crippen molar-refractivity contribution in [3.8, 4) is 11.1 Å². The minimum Gasteiger partial charge on any atom is -0.444 e. The van der Waals surface area contributed by atoms with Crippen molar-refractivity contribution in [3.05, 3.63) is 70.3 Å². The van der Waals surface area contributed by atoms with Crippen LogP contribution in [0.1, 0.15) is 78.0 Å². The zero-order valence-electron chi connectivity index (χ0n) is 25.4. The summed E-state index contributed by atoms with van der Waals surface area (Å²) < 4.78 is 48.0. The SMILES string of the molecule is Cc1c[nH]c2ncc(-c3cc4c(c(C5CCCN5C(=O)OC(C)(C)C)c3)CN(C(=O)c3cn(C)nc3C(F)(F)F)CC4)cc12.